The van der Waals surface area contributed by atoms with E-state index < -0.39 is 12.1 Å². The van der Waals surface area contributed by atoms with Crippen LogP contribution >= 0.6 is 11.3 Å². The Morgan fingerprint density at radius 1 is 1.42 bits per heavy atom. The average molecular weight is 376 g/mol. The van der Waals surface area contributed by atoms with Crippen molar-refractivity contribution in [3.8, 4) is 0 Å². The van der Waals surface area contributed by atoms with E-state index in [2.05, 4.69) is 15.6 Å². The summed E-state index contributed by atoms with van der Waals surface area (Å²) >= 11 is 1.53. The van der Waals surface area contributed by atoms with E-state index in [4.69, 9.17) is 0 Å². The van der Waals surface area contributed by atoms with Gasteiger partial charge in [-0.25, -0.2) is 4.98 Å². The highest BCUT2D eigenvalue weighted by molar-refractivity contribution is 7.09. The van der Waals surface area contributed by atoms with Crippen molar-refractivity contribution in [3.05, 3.63) is 40.1 Å². The molecule has 0 spiro atoms. The molecule has 1 aliphatic carbocycles. The van der Waals surface area contributed by atoms with Crippen LogP contribution in [0.4, 0.5) is 0 Å². The molecule has 1 fully saturated rings. The molecule has 1 saturated carbocycles. The Balaban J connectivity index is 1.51. The Hall–Kier alpha value is -2.19. The van der Waals surface area contributed by atoms with Crippen LogP contribution in [0.15, 0.2) is 23.7 Å². The molecule has 2 aromatic heterocycles. The molecule has 2 aromatic rings. The first-order valence-electron chi connectivity index (χ1n) is 8.79. The predicted octanol–water partition coefficient (Wildman–Crippen LogP) is 1.23. The maximum absolute atomic E-state index is 12.4. The number of aromatic nitrogens is 2. The Morgan fingerprint density at radius 2 is 2.23 bits per heavy atom. The number of nitrogens with one attached hydrogen (secondary N) is 2. The smallest absolute Gasteiger partial charge is 0.268 e. The number of thiazole rings is 1. The number of aliphatic hydroxyl groups excluding tert-OH is 1. The van der Waals surface area contributed by atoms with E-state index in [0.717, 1.165) is 17.1 Å². The highest BCUT2D eigenvalue weighted by Gasteiger charge is 2.37. The van der Waals surface area contributed by atoms with Crippen molar-refractivity contribution in [1.82, 2.24) is 20.2 Å². The molecule has 3 N–H and O–H groups in total. The first kappa shape index (κ1) is 18.6. The van der Waals surface area contributed by atoms with Crippen LogP contribution in [0.25, 0.3) is 0 Å². The van der Waals surface area contributed by atoms with Crippen LogP contribution in [-0.4, -0.2) is 38.6 Å². The first-order chi connectivity index (χ1) is 12.5. The van der Waals surface area contributed by atoms with Gasteiger partial charge in [-0.1, -0.05) is 6.92 Å². The van der Waals surface area contributed by atoms with Crippen molar-refractivity contribution in [3.63, 3.8) is 0 Å². The van der Waals surface area contributed by atoms with Gasteiger partial charge < -0.3 is 20.3 Å². The molecular formula is C18H24N4O3S. The number of carbonyl (C=O) groups is 2. The van der Waals surface area contributed by atoms with Crippen LogP contribution in [0.3, 0.4) is 0 Å². The quantitative estimate of drug-likeness (QED) is 0.706. The van der Waals surface area contributed by atoms with Gasteiger partial charge in [0.15, 0.2) is 0 Å². The van der Waals surface area contributed by atoms with Crippen LogP contribution in [0, 0.1) is 5.92 Å². The molecule has 8 heteroatoms. The third kappa shape index (κ3) is 4.13. The van der Waals surface area contributed by atoms with Gasteiger partial charge in [0.25, 0.3) is 5.91 Å². The number of rotatable bonds is 6. The zero-order valence-corrected chi connectivity index (χ0v) is 15.8. The second-order valence-corrected chi connectivity index (χ2v) is 7.57. The fourth-order valence-electron chi connectivity index (χ4n) is 3.22. The molecular weight excluding hydrogens is 352 g/mol. The minimum absolute atomic E-state index is 0.104. The summed E-state index contributed by atoms with van der Waals surface area (Å²) in [7, 11) is 1.79. The lowest BCUT2D eigenvalue weighted by Crippen LogP contribution is -2.40. The summed E-state index contributed by atoms with van der Waals surface area (Å²) in [5, 5.41) is 18.8. The van der Waals surface area contributed by atoms with Gasteiger partial charge in [0.1, 0.15) is 10.7 Å². The molecule has 7 nitrogen and oxygen atoms in total. The number of amides is 2. The van der Waals surface area contributed by atoms with Gasteiger partial charge in [-0.2, -0.15) is 0 Å². The largest absolute Gasteiger partial charge is 0.391 e. The number of hydrogen-bond acceptors (Lipinski definition) is 5. The summed E-state index contributed by atoms with van der Waals surface area (Å²) in [6, 6.07) is 3.10. The Labute approximate surface area is 156 Å². The topological polar surface area (TPSA) is 96.3 Å². The van der Waals surface area contributed by atoms with E-state index in [1.54, 1.807) is 29.9 Å². The van der Waals surface area contributed by atoms with Gasteiger partial charge in [-0.15, -0.1) is 11.3 Å². The summed E-state index contributed by atoms with van der Waals surface area (Å²) in [6.45, 7) is 2.44. The molecule has 0 bridgehead atoms. The van der Waals surface area contributed by atoms with Gasteiger partial charge in [0.05, 0.1) is 24.4 Å². The summed E-state index contributed by atoms with van der Waals surface area (Å²) < 4.78 is 1.72. The van der Waals surface area contributed by atoms with Crippen molar-refractivity contribution in [2.75, 3.05) is 0 Å². The molecule has 0 aliphatic heterocycles. The number of nitrogens with zero attached hydrogens (tertiary/aromatic N) is 2. The van der Waals surface area contributed by atoms with E-state index in [1.807, 2.05) is 12.3 Å². The van der Waals surface area contributed by atoms with Crippen molar-refractivity contribution in [1.29, 1.82) is 0 Å². The number of aliphatic hydroxyl groups is 1. The lowest BCUT2D eigenvalue weighted by molar-refractivity contribution is -0.125. The molecule has 0 saturated heterocycles. The molecule has 2 heterocycles. The maximum Gasteiger partial charge on any atom is 0.268 e. The van der Waals surface area contributed by atoms with E-state index >= 15 is 0 Å². The second kappa shape index (κ2) is 8.01. The van der Waals surface area contributed by atoms with Crippen molar-refractivity contribution in [2.45, 2.75) is 44.9 Å². The van der Waals surface area contributed by atoms with Gasteiger partial charge in [0.2, 0.25) is 5.91 Å². The van der Waals surface area contributed by atoms with Crippen molar-refractivity contribution in [2.24, 2.45) is 13.0 Å². The lowest BCUT2D eigenvalue weighted by atomic mass is 10.1. The molecule has 3 rings (SSSR count). The lowest BCUT2D eigenvalue weighted by Gasteiger charge is -2.16. The van der Waals surface area contributed by atoms with Crippen LogP contribution in [0.1, 0.15) is 41.0 Å². The average Bonchev–Trinajstić information content (AvgIpc) is 3.33. The monoisotopic (exact) mass is 376 g/mol. The second-order valence-electron chi connectivity index (χ2n) is 6.62. The minimum atomic E-state index is -0.721. The van der Waals surface area contributed by atoms with E-state index in [9.17, 15) is 14.7 Å². The molecule has 3 atom stereocenters. The predicted molar refractivity (Wildman–Crippen MR) is 98.7 cm³/mol. The van der Waals surface area contributed by atoms with Gasteiger partial charge in [-0.05, 0) is 31.4 Å². The summed E-state index contributed by atoms with van der Waals surface area (Å²) in [5.41, 5.74) is 1.56. The van der Waals surface area contributed by atoms with Crippen LogP contribution in [0.2, 0.25) is 0 Å². The molecule has 140 valence electrons. The third-order valence-electron chi connectivity index (χ3n) is 4.77. The minimum Gasteiger partial charge on any atom is -0.391 e. The van der Waals surface area contributed by atoms with Crippen LogP contribution in [-0.2, 0) is 24.8 Å². The fourth-order valence-corrected chi connectivity index (χ4v) is 4.04. The first-order valence-corrected chi connectivity index (χ1v) is 9.67. The highest BCUT2D eigenvalue weighted by atomic mass is 32.1. The molecule has 2 amide bonds. The zero-order valence-electron chi connectivity index (χ0n) is 14.9. The molecule has 26 heavy (non-hydrogen) atoms. The van der Waals surface area contributed by atoms with E-state index in [0.29, 0.717) is 25.1 Å². The van der Waals surface area contributed by atoms with E-state index in [1.165, 1.54) is 11.3 Å². The number of aryl methyl sites for hydroxylation is 2. The molecule has 0 unspecified atom stereocenters. The van der Waals surface area contributed by atoms with Gasteiger partial charge >= 0.3 is 0 Å². The highest BCUT2D eigenvalue weighted by Crippen LogP contribution is 2.27. The normalized spacial score (nSPS) is 22.3. The van der Waals surface area contributed by atoms with Crippen LogP contribution in [0.5, 0.6) is 0 Å². The van der Waals surface area contributed by atoms with Crippen LogP contribution < -0.4 is 10.6 Å². The van der Waals surface area contributed by atoms with Gasteiger partial charge in [-0.3, -0.25) is 9.59 Å². The summed E-state index contributed by atoms with van der Waals surface area (Å²) in [6.07, 6.45) is 2.73. The molecule has 0 aromatic carbocycles. The van der Waals surface area contributed by atoms with Crippen molar-refractivity contribution < 1.29 is 14.7 Å². The molecule has 1 aliphatic rings. The summed E-state index contributed by atoms with van der Waals surface area (Å²) in [5.74, 6) is -0.653. The Kier molecular flexibility index (Phi) is 5.73. The number of hydrogen-bond donors (Lipinski definition) is 3. The third-order valence-corrected chi connectivity index (χ3v) is 5.67. The Morgan fingerprint density at radius 3 is 2.88 bits per heavy atom. The summed E-state index contributed by atoms with van der Waals surface area (Å²) in [4.78, 5) is 29.1. The molecule has 0 radical (unpaired) electrons. The van der Waals surface area contributed by atoms with Crippen molar-refractivity contribution >= 4 is 23.2 Å². The fraction of sp³-hybridized carbons (Fsp3) is 0.500. The zero-order chi connectivity index (χ0) is 18.7. The van der Waals surface area contributed by atoms with Gasteiger partial charge in [0, 0.05) is 24.5 Å². The van der Waals surface area contributed by atoms with E-state index in [-0.39, 0.29) is 17.7 Å². The Bertz CT molecular complexity index is 785. The number of carbonyl (C=O) groups excluding carboxylic acids is 2. The maximum atomic E-state index is 12.4. The SMILES string of the molecule is CCc1csc(CNC(=O)[C@@H]2C[C@@H](O)[C@H](NC(=O)c3cccn3C)C2)n1. The standard InChI is InChI=1S/C18H24N4O3S/c1-3-12-10-26-16(20-12)9-19-17(24)11-7-13(15(23)8-11)21-18(25)14-5-4-6-22(14)2/h4-6,10-11,13,15,23H,3,7-9H2,1-2H3,(H,19,24)(H,21,25)/t11-,13+,15+/m0/s1.